The number of halogens is 2. The molecule has 1 atom stereocenters. The normalized spacial score (nSPS) is 21.3. The third-order valence-corrected chi connectivity index (χ3v) is 3.20. The minimum absolute atomic E-state index is 0.451. The Morgan fingerprint density at radius 1 is 1.60 bits per heavy atom. The largest absolute Gasteiger partial charge is 0.379 e. The molecule has 0 saturated carbocycles. The van der Waals surface area contributed by atoms with Crippen molar-refractivity contribution in [1.82, 2.24) is 10.3 Å². The molecule has 2 heterocycles. The van der Waals surface area contributed by atoms with Crippen molar-refractivity contribution in [3.05, 3.63) is 21.9 Å². The van der Waals surface area contributed by atoms with Gasteiger partial charge in [0.05, 0.1) is 5.69 Å². The van der Waals surface area contributed by atoms with Crippen LogP contribution in [0.3, 0.4) is 0 Å². The van der Waals surface area contributed by atoms with Crippen LogP contribution in [0.15, 0.2) is 16.7 Å². The first-order valence-corrected chi connectivity index (χ1v) is 6.21. The topological polar surface area (TPSA) is 37.0 Å². The van der Waals surface area contributed by atoms with Crippen LogP contribution in [-0.4, -0.2) is 24.1 Å². The van der Waals surface area contributed by atoms with Crippen LogP contribution in [-0.2, 0) is 0 Å². The van der Waals surface area contributed by atoms with E-state index in [1.165, 1.54) is 12.8 Å². The number of rotatable bonds is 2. The summed E-state index contributed by atoms with van der Waals surface area (Å²) in [4.78, 5) is 4.08. The second kappa shape index (κ2) is 5.14. The van der Waals surface area contributed by atoms with Gasteiger partial charge in [-0.05, 0) is 41.4 Å². The highest BCUT2D eigenvalue weighted by atomic mass is 79.9. The van der Waals surface area contributed by atoms with Crippen molar-refractivity contribution in [3.63, 3.8) is 0 Å². The first-order chi connectivity index (χ1) is 7.25. The third-order valence-electron chi connectivity index (χ3n) is 2.46. The lowest BCUT2D eigenvalue weighted by Gasteiger charge is -2.25. The molecule has 1 unspecified atom stereocenters. The second-order valence-electron chi connectivity index (χ2n) is 3.68. The van der Waals surface area contributed by atoms with E-state index in [2.05, 4.69) is 31.5 Å². The van der Waals surface area contributed by atoms with E-state index in [9.17, 15) is 0 Å². The van der Waals surface area contributed by atoms with E-state index in [4.69, 9.17) is 11.6 Å². The lowest BCUT2D eigenvalue weighted by molar-refractivity contribution is 0.480. The molecule has 2 rings (SSSR count). The zero-order valence-electron chi connectivity index (χ0n) is 8.26. The lowest BCUT2D eigenvalue weighted by Crippen LogP contribution is -2.38. The summed E-state index contributed by atoms with van der Waals surface area (Å²) in [5.74, 6) is 0. The zero-order chi connectivity index (χ0) is 10.7. The second-order valence-corrected chi connectivity index (χ2v) is 4.95. The van der Waals surface area contributed by atoms with Crippen molar-refractivity contribution in [2.75, 3.05) is 18.4 Å². The van der Waals surface area contributed by atoms with E-state index in [-0.39, 0.29) is 0 Å². The van der Waals surface area contributed by atoms with Crippen LogP contribution in [0.4, 0.5) is 5.69 Å². The maximum atomic E-state index is 6.00. The SMILES string of the molecule is Clc1ncc(Br)cc1NC1CCCNC1. The molecule has 5 heteroatoms. The summed E-state index contributed by atoms with van der Waals surface area (Å²) < 4.78 is 0.943. The molecule has 3 nitrogen and oxygen atoms in total. The standard InChI is InChI=1S/C10H13BrClN3/c11-7-4-9(10(12)14-5-7)15-8-2-1-3-13-6-8/h4-5,8,13,15H,1-3,6H2. The Kier molecular flexibility index (Phi) is 3.83. The van der Waals surface area contributed by atoms with Crippen LogP contribution in [0.1, 0.15) is 12.8 Å². The molecule has 1 aromatic heterocycles. The summed E-state index contributed by atoms with van der Waals surface area (Å²) in [6.45, 7) is 2.10. The van der Waals surface area contributed by atoms with Crippen molar-refractivity contribution < 1.29 is 0 Å². The van der Waals surface area contributed by atoms with Crippen LogP contribution in [0.5, 0.6) is 0 Å². The fourth-order valence-corrected chi connectivity index (χ4v) is 2.21. The molecule has 1 saturated heterocycles. The van der Waals surface area contributed by atoms with E-state index >= 15 is 0 Å². The molecule has 0 aromatic carbocycles. The van der Waals surface area contributed by atoms with Gasteiger partial charge >= 0.3 is 0 Å². The third kappa shape index (κ3) is 3.06. The van der Waals surface area contributed by atoms with Crippen molar-refractivity contribution in [2.45, 2.75) is 18.9 Å². The van der Waals surface area contributed by atoms with Gasteiger partial charge in [-0.15, -0.1) is 0 Å². The average molecular weight is 291 g/mol. The molecule has 1 fully saturated rings. The Morgan fingerprint density at radius 3 is 3.20 bits per heavy atom. The Hall–Kier alpha value is -0.320. The van der Waals surface area contributed by atoms with Crippen molar-refractivity contribution in [2.24, 2.45) is 0 Å². The molecule has 0 radical (unpaired) electrons. The number of aromatic nitrogens is 1. The van der Waals surface area contributed by atoms with Crippen molar-refractivity contribution in [1.29, 1.82) is 0 Å². The van der Waals surface area contributed by atoms with Crippen LogP contribution in [0, 0.1) is 0 Å². The number of nitrogens with zero attached hydrogens (tertiary/aromatic N) is 1. The van der Waals surface area contributed by atoms with E-state index in [1.54, 1.807) is 6.20 Å². The highest BCUT2D eigenvalue weighted by molar-refractivity contribution is 9.10. The Balaban J connectivity index is 2.05. The number of pyridine rings is 1. The number of hydrogen-bond donors (Lipinski definition) is 2. The molecule has 0 amide bonds. The Bertz CT molecular complexity index is 339. The highest BCUT2D eigenvalue weighted by Crippen LogP contribution is 2.24. The molecule has 1 aliphatic rings. The molecule has 2 N–H and O–H groups in total. The maximum absolute atomic E-state index is 6.00. The van der Waals surface area contributed by atoms with Gasteiger partial charge in [-0.2, -0.15) is 0 Å². The summed E-state index contributed by atoms with van der Waals surface area (Å²) >= 11 is 9.38. The van der Waals surface area contributed by atoms with Gasteiger partial charge in [0.1, 0.15) is 0 Å². The van der Waals surface area contributed by atoms with Gasteiger partial charge < -0.3 is 10.6 Å². The maximum Gasteiger partial charge on any atom is 0.152 e. The summed E-state index contributed by atoms with van der Waals surface area (Å²) in [6.07, 6.45) is 4.08. The first-order valence-electron chi connectivity index (χ1n) is 5.04. The summed E-state index contributed by atoms with van der Waals surface area (Å²) in [7, 11) is 0. The highest BCUT2D eigenvalue weighted by Gasteiger charge is 2.14. The minimum atomic E-state index is 0.451. The molecule has 1 aromatic rings. The zero-order valence-corrected chi connectivity index (χ0v) is 10.6. The average Bonchev–Trinajstić information content (AvgIpc) is 2.25. The number of hydrogen-bond acceptors (Lipinski definition) is 3. The van der Waals surface area contributed by atoms with Crippen molar-refractivity contribution in [3.8, 4) is 0 Å². The molecule has 1 aliphatic heterocycles. The molecule has 15 heavy (non-hydrogen) atoms. The fraction of sp³-hybridized carbons (Fsp3) is 0.500. The van der Waals surface area contributed by atoms with Gasteiger partial charge in [-0.1, -0.05) is 11.6 Å². The quantitative estimate of drug-likeness (QED) is 0.822. The molecule has 0 bridgehead atoms. The molecule has 82 valence electrons. The Labute approximate surface area is 103 Å². The monoisotopic (exact) mass is 289 g/mol. The van der Waals surface area contributed by atoms with E-state index in [0.29, 0.717) is 11.2 Å². The summed E-state index contributed by atoms with van der Waals surface area (Å²) in [5, 5.41) is 7.29. The van der Waals surface area contributed by atoms with Gasteiger partial charge in [-0.25, -0.2) is 4.98 Å². The summed E-state index contributed by atoms with van der Waals surface area (Å²) in [6, 6.07) is 2.41. The lowest BCUT2D eigenvalue weighted by atomic mass is 10.1. The van der Waals surface area contributed by atoms with Gasteiger partial charge in [0.2, 0.25) is 0 Å². The number of piperidine rings is 1. The van der Waals surface area contributed by atoms with Gasteiger partial charge in [0.15, 0.2) is 5.15 Å². The van der Waals surface area contributed by atoms with E-state index in [0.717, 1.165) is 23.2 Å². The van der Waals surface area contributed by atoms with Gasteiger partial charge in [0.25, 0.3) is 0 Å². The van der Waals surface area contributed by atoms with Gasteiger partial charge in [-0.3, -0.25) is 0 Å². The predicted octanol–water partition coefficient (Wildman–Crippen LogP) is 2.66. The van der Waals surface area contributed by atoms with Gasteiger partial charge in [0, 0.05) is 23.3 Å². The predicted molar refractivity (Wildman–Crippen MR) is 66.5 cm³/mol. The fourth-order valence-electron chi connectivity index (χ4n) is 1.72. The van der Waals surface area contributed by atoms with Crippen LogP contribution >= 0.6 is 27.5 Å². The van der Waals surface area contributed by atoms with Crippen molar-refractivity contribution >= 4 is 33.2 Å². The Morgan fingerprint density at radius 2 is 2.47 bits per heavy atom. The number of nitrogens with one attached hydrogen (secondary N) is 2. The molecule has 0 aliphatic carbocycles. The molecular formula is C10H13BrClN3. The van der Waals surface area contributed by atoms with E-state index < -0.39 is 0 Å². The number of anilines is 1. The van der Waals surface area contributed by atoms with Crippen LogP contribution < -0.4 is 10.6 Å². The van der Waals surface area contributed by atoms with Crippen LogP contribution in [0.2, 0.25) is 5.15 Å². The van der Waals surface area contributed by atoms with E-state index in [1.807, 2.05) is 6.07 Å². The summed E-state index contributed by atoms with van der Waals surface area (Å²) in [5.41, 5.74) is 0.903. The van der Waals surface area contributed by atoms with Crippen LogP contribution in [0.25, 0.3) is 0 Å². The smallest absolute Gasteiger partial charge is 0.152 e. The first kappa shape index (κ1) is 11.2. The minimum Gasteiger partial charge on any atom is -0.379 e. The molecular weight excluding hydrogens is 277 g/mol. The molecule has 0 spiro atoms.